The van der Waals surface area contributed by atoms with Crippen LogP contribution in [0.1, 0.15) is 37.0 Å². The molecule has 1 N–H and O–H groups in total. The first kappa shape index (κ1) is 13.9. The Kier molecular flexibility index (Phi) is 4.80. The van der Waals surface area contributed by atoms with Crippen LogP contribution in [0, 0.1) is 0 Å². The molecule has 2 atom stereocenters. The second-order valence-corrected chi connectivity index (χ2v) is 4.83. The van der Waals surface area contributed by atoms with Crippen LogP contribution in [0.4, 0.5) is 5.69 Å². The number of esters is 1. The Bertz CT molecular complexity index is 416. The Morgan fingerprint density at radius 1 is 1.42 bits per heavy atom. The van der Waals surface area contributed by atoms with Crippen LogP contribution in [0.2, 0.25) is 0 Å². The zero-order valence-electron chi connectivity index (χ0n) is 11.5. The van der Waals surface area contributed by atoms with Crippen LogP contribution >= 0.6 is 0 Å². The average molecular weight is 263 g/mol. The first-order chi connectivity index (χ1) is 9.20. The first-order valence-corrected chi connectivity index (χ1v) is 6.86. The molecule has 4 nitrogen and oxygen atoms in total. The molecule has 1 heterocycles. The van der Waals surface area contributed by atoms with Gasteiger partial charge in [-0.3, -0.25) is 0 Å². The van der Waals surface area contributed by atoms with Crippen molar-refractivity contribution in [1.82, 2.24) is 0 Å². The molecule has 0 saturated carbocycles. The van der Waals surface area contributed by atoms with Crippen molar-refractivity contribution in [3.8, 4) is 0 Å². The highest BCUT2D eigenvalue weighted by Gasteiger charge is 2.23. The largest absolute Gasteiger partial charge is 0.462 e. The van der Waals surface area contributed by atoms with E-state index in [1.165, 1.54) is 0 Å². The van der Waals surface area contributed by atoms with Crippen molar-refractivity contribution < 1.29 is 14.3 Å². The fourth-order valence-corrected chi connectivity index (χ4v) is 2.12. The summed E-state index contributed by atoms with van der Waals surface area (Å²) in [5.41, 5.74) is 1.60. The van der Waals surface area contributed by atoms with Crippen molar-refractivity contribution in [2.45, 2.75) is 38.8 Å². The summed E-state index contributed by atoms with van der Waals surface area (Å²) < 4.78 is 10.6. The van der Waals surface area contributed by atoms with Gasteiger partial charge in [-0.05, 0) is 44.0 Å². The quantitative estimate of drug-likeness (QED) is 0.830. The van der Waals surface area contributed by atoms with Gasteiger partial charge in [-0.2, -0.15) is 0 Å². The van der Waals surface area contributed by atoms with Gasteiger partial charge in [0.15, 0.2) is 0 Å². The zero-order chi connectivity index (χ0) is 13.7. The second-order valence-electron chi connectivity index (χ2n) is 4.83. The molecule has 1 aromatic carbocycles. The number of rotatable bonds is 5. The predicted octanol–water partition coefficient (Wildman–Crippen LogP) is 2.84. The summed E-state index contributed by atoms with van der Waals surface area (Å²) in [4.78, 5) is 11.6. The molecule has 0 amide bonds. The zero-order valence-corrected chi connectivity index (χ0v) is 11.5. The molecule has 104 valence electrons. The minimum absolute atomic E-state index is 0.231. The van der Waals surface area contributed by atoms with E-state index in [9.17, 15) is 4.79 Å². The summed E-state index contributed by atoms with van der Waals surface area (Å²) in [7, 11) is 0. The molecule has 1 saturated heterocycles. The second kappa shape index (κ2) is 6.57. The van der Waals surface area contributed by atoms with Gasteiger partial charge < -0.3 is 14.8 Å². The average Bonchev–Trinajstić information content (AvgIpc) is 2.82. The Morgan fingerprint density at radius 2 is 2.16 bits per heavy atom. The Hall–Kier alpha value is -1.55. The molecule has 0 radical (unpaired) electrons. The fraction of sp³-hybridized carbons (Fsp3) is 0.533. The van der Waals surface area contributed by atoms with Crippen molar-refractivity contribution in [2.24, 2.45) is 0 Å². The van der Waals surface area contributed by atoms with Crippen LogP contribution in [0.3, 0.4) is 0 Å². The lowest BCUT2D eigenvalue weighted by molar-refractivity contribution is 0.0505. The highest BCUT2D eigenvalue weighted by Crippen LogP contribution is 2.19. The Morgan fingerprint density at radius 3 is 2.74 bits per heavy atom. The van der Waals surface area contributed by atoms with Gasteiger partial charge in [0.1, 0.15) is 0 Å². The predicted molar refractivity (Wildman–Crippen MR) is 74.5 cm³/mol. The number of hydrogen-bond donors (Lipinski definition) is 1. The van der Waals surface area contributed by atoms with E-state index in [0.717, 1.165) is 25.1 Å². The lowest BCUT2D eigenvalue weighted by Gasteiger charge is -2.17. The van der Waals surface area contributed by atoms with Crippen LogP contribution in [-0.2, 0) is 9.47 Å². The summed E-state index contributed by atoms with van der Waals surface area (Å²) >= 11 is 0. The third-order valence-electron chi connectivity index (χ3n) is 3.29. The molecule has 0 aromatic heterocycles. The summed E-state index contributed by atoms with van der Waals surface area (Å²) in [6, 6.07) is 7.75. The number of carbonyl (C=O) groups is 1. The van der Waals surface area contributed by atoms with Gasteiger partial charge in [0.2, 0.25) is 0 Å². The first-order valence-electron chi connectivity index (χ1n) is 6.86. The van der Waals surface area contributed by atoms with E-state index < -0.39 is 0 Å². The van der Waals surface area contributed by atoms with Gasteiger partial charge in [-0.1, -0.05) is 6.92 Å². The molecular weight excluding hydrogens is 242 g/mol. The minimum Gasteiger partial charge on any atom is -0.462 e. The molecule has 2 unspecified atom stereocenters. The number of benzene rings is 1. The molecule has 0 aliphatic carbocycles. The van der Waals surface area contributed by atoms with Crippen LogP contribution in [0.5, 0.6) is 0 Å². The number of hydrogen-bond acceptors (Lipinski definition) is 4. The normalized spacial score (nSPS) is 22.2. The molecule has 4 heteroatoms. The van der Waals surface area contributed by atoms with Crippen LogP contribution < -0.4 is 5.32 Å². The molecular formula is C15H21NO3. The van der Waals surface area contributed by atoms with Crippen molar-refractivity contribution in [1.29, 1.82) is 0 Å². The SMILES string of the molecule is CCCOC(=O)c1ccc(NC2CCOC2C)cc1. The fourth-order valence-electron chi connectivity index (χ4n) is 2.12. The van der Waals surface area contributed by atoms with Gasteiger partial charge >= 0.3 is 5.97 Å². The number of carbonyl (C=O) groups excluding carboxylic acids is 1. The molecule has 1 aliphatic rings. The number of nitrogens with one attached hydrogen (secondary N) is 1. The summed E-state index contributed by atoms with van der Waals surface area (Å²) in [5.74, 6) is -0.258. The van der Waals surface area contributed by atoms with E-state index in [1.807, 2.05) is 19.1 Å². The summed E-state index contributed by atoms with van der Waals surface area (Å²) in [5, 5.41) is 3.42. The molecule has 0 spiro atoms. The molecule has 2 rings (SSSR count). The van der Waals surface area contributed by atoms with E-state index in [-0.39, 0.29) is 12.1 Å². The van der Waals surface area contributed by atoms with E-state index in [4.69, 9.17) is 9.47 Å². The van der Waals surface area contributed by atoms with E-state index in [2.05, 4.69) is 12.2 Å². The van der Waals surface area contributed by atoms with E-state index >= 15 is 0 Å². The van der Waals surface area contributed by atoms with Crippen LogP contribution in [0.25, 0.3) is 0 Å². The molecule has 1 aromatic rings. The minimum atomic E-state index is -0.258. The third kappa shape index (κ3) is 3.70. The summed E-state index contributed by atoms with van der Waals surface area (Å²) in [6.45, 7) is 5.32. The molecule has 19 heavy (non-hydrogen) atoms. The lowest BCUT2D eigenvalue weighted by atomic mass is 10.1. The molecule has 1 aliphatic heterocycles. The maximum Gasteiger partial charge on any atom is 0.338 e. The van der Waals surface area contributed by atoms with Gasteiger partial charge in [0.05, 0.1) is 24.3 Å². The van der Waals surface area contributed by atoms with Gasteiger partial charge in [0, 0.05) is 12.3 Å². The third-order valence-corrected chi connectivity index (χ3v) is 3.29. The van der Waals surface area contributed by atoms with Gasteiger partial charge in [-0.15, -0.1) is 0 Å². The maximum absolute atomic E-state index is 11.6. The Balaban J connectivity index is 1.92. The van der Waals surface area contributed by atoms with Crippen LogP contribution in [0.15, 0.2) is 24.3 Å². The maximum atomic E-state index is 11.6. The summed E-state index contributed by atoms with van der Waals surface area (Å²) in [6.07, 6.45) is 2.08. The van der Waals surface area contributed by atoms with Crippen molar-refractivity contribution in [3.63, 3.8) is 0 Å². The van der Waals surface area contributed by atoms with E-state index in [1.54, 1.807) is 12.1 Å². The van der Waals surface area contributed by atoms with Gasteiger partial charge in [-0.25, -0.2) is 4.79 Å². The van der Waals surface area contributed by atoms with Gasteiger partial charge in [0.25, 0.3) is 0 Å². The van der Waals surface area contributed by atoms with Crippen molar-refractivity contribution >= 4 is 11.7 Å². The Labute approximate surface area is 114 Å². The highest BCUT2D eigenvalue weighted by atomic mass is 16.5. The lowest BCUT2D eigenvalue weighted by Crippen LogP contribution is -2.26. The monoisotopic (exact) mass is 263 g/mol. The van der Waals surface area contributed by atoms with E-state index in [0.29, 0.717) is 18.2 Å². The topological polar surface area (TPSA) is 47.6 Å². The standard InChI is InChI=1S/C15H21NO3/c1-3-9-19-15(17)12-4-6-13(7-5-12)16-14-8-10-18-11(14)2/h4-7,11,14,16H,3,8-10H2,1-2H3. The number of anilines is 1. The molecule has 0 bridgehead atoms. The number of ether oxygens (including phenoxy) is 2. The smallest absolute Gasteiger partial charge is 0.338 e. The highest BCUT2D eigenvalue weighted by molar-refractivity contribution is 5.89. The van der Waals surface area contributed by atoms with Crippen molar-refractivity contribution in [2.75, 3.05) is 18.5 Å². The van der Waals surface area contributed by atoms with Crippen LogP contribution in [-0.4, -0.2) is 31.3 Å². The van der Waals surface area contributed by atoms with Crippen molar-refractivity contribution in [3.05, 3.63) is 29.8 Å². The molecule has 1 fully saturated rings.